The molecule has 0 unspecified atom stereocenters. The van der Waals surface area contributed by atoms with Crippen LogP contribution in [0.5, 0.6) is 0 Å². The molecule has 0 saturated carbocycles. The van der Waals surface area contributed by atoms with Crippen molar-refractivity contribution < 1.29 is 19.1 Å². The van der Waals surface area contributed by atoms with Crippen LogP contribution in [0, 0.1) is 0 Å². The number of amides is 1. The quantitative estimate of drug-likeness (QED) is 0.731. The molecule has 1 heterocycles. The number of furan rings is 1. The average molecular weight is 253 g/mol. The van der Waals surface area contributed by atoms with Gasteiger partial charge >= 0.3 is 5.97 Å². The van der Waals surface area contributed by atoms with Crippen molar-refractivity contribution >= 4 is 11.9 Å². The van der Waals surface area contributed by atoms with Crippen LogP contribution in [-0.2, 0) is 4.79 Å². The van der Waals surface area contributed by atoms with E-state index in [1.165, 1.54) is 6.26 Å². The van der Waals surface area contributed by atoms with Crippen molar-refractivity contribution in [3.8, 4) is 0 Å². The summed E-state index contributed by atoms with van der Waals surface area (Å²) in [4.78, 5) is 22.1. The molecular weight excluding hydrogens is 234 g/mol. The number of carbonyl (C=O) groups excluding carboxylic acids is 1. The Morgan fingerprint density at radius 2 is 2.11 bits per heavy atom. The minimum absolute atomic E-state index is 0.138. The van der Waals surface area contributed by atoms with Crippen molar-refractivity contribution in [3.63, 3.8) is 0 Å². The molecule has 1 aromatic heterocycles. The van der Waals surface area contributed by atoms with Gasteiger partial charge in [-0.05, 0) is 18.9 Å². The van der Waals surface area contributed by atoms with E-state index in [1.807, 2.05) is 13.8 Å². The molecule has 0 aromatic carbocycles. The van der Waals surface area contributed by atoms with E-state index in [1.54, 1.807) is 6.07 Å². The minimum Gasteiger partial charge on any atom is -0.481 e. The molecule has 1 aromatic rings. The van der Waals surface area contributed by atoms with Crippen LogP contribution in [0.25, 0.3) is 0 Å². The Hall–Kier alpha value is -1.78. The Morgan fingerprint density at radius 1 is 1.39 bits per heavy atom. The van der Waals surface area contributed by atoms with Gasteiger partial charge in [-0.15, -0.1) is 0 Å². The molecule has 0 bridgehead atoms. The number of carboxylic acids is 1. The topological polar surface area (TPSA) is 79.5 Å². The first-order valence-electron chi connectivity index (χ1n) is 6.09. The molecule has 5 heteroatoms. The van der Waals surface area contributed by atoms with E-state index in [9.17, 15) is 9.59 Å². The summed E-state index contributed by atoms with van der Waals surface area (Å²) in [5.41, 5.74) is 0.559. The number of unbranched alkanes of at least 4 members (excludes halogenated alkanes) is 1. The lowest BCUT2D eigenvalue weighted by atomic mass is 10.1. The molecule has 2 N–H and O–H groups in total. The number of nitrogens with one attached hydrogen (secondary N) is 1. The Kier molecular flexibility index (Phi) is 5.42. The number of rotatable bonds is 7. The fourth-order valence-corrected chi connectivity index (χ4v) is 1.65. The molecule has 0 spiro atoms. The third-order valence-corrected chi connectivity index (χ3v) is 2.57. The van der Waals surface area contributed by atoms with Crippen LogP contribution in [-0.4, -0.2) is 23.5 Å². The molecule has 0 saturated heterocycles. The highest BCUT2D eigenvalue weighted by Crippen LogP contribution is 2.20. The van der Waals surface area contributed by atoms with E-state index in [-0.39, 0.29) is 18.2 Å². The molecule has 0 aliphatic rings. The molecular formula is C13H19NO4. The van der Waals surface area contributed by atoms with Crippen molar-refractivity contribution in [3.05, 3.63) is 23.7 Å². The van der Waals surface area contributed by atoms with E-state index in [0.29, 0.717) is 30.7 Å². The maximum absolute atomic E-state index is 11.8. The molecule has 0 aliphatic heterocycles. The van der Waals surface area contributed by atoms with Crippen LogP contribution in [0.4, 0.5) is 0 Å². The smallest absolute Gasteiger partial charge is 0.303 e. The number of hydrogen-bond donors (Lipinski definition) is 2. The second kappa shape index (κ2) is 6.83. The zero-order valence-corrected chi connectivity index (χ0v) is 10.7. The zero-order chi connectivity index (χ0) is 13.5. The fourth-order valence-electron chi connectivity index (χ4n) is 1.65. The summed E-state index contributed by atoms with van der Waals surface area (Å²) in [5.74, 6) is -0.133. The van der Waals surface area contributed by atoms with Crippen LogP contribution >= 0.6 is 0 Å². The van der Waals surface area contributed by atoms with Gasteiger partial charge in [0.25, 0.3) is 5.91 Å². The zero-order valence-electron chi connectivity index (χ0n) is 10.7. The van der Waals surface area contributed by atoms with Crippen LogP contribution in [0.2, 0.25) is 0 Å². The van der Waals surface area contributed by atoms with Gasteiger partial charge in [0.05, 0.1) is 11.8 Å². The molecule has 0 radical (unpaired) electrons. The molecule has 0 aliphatic carbocycles. The molecule has 1 amide bonds. The van der Waals surface area contributed by atoms with Crippen LogP contribution < -0.4 is 5.32 Å². The number of carbonyl (C=O) groups is 2. The minimum atomic E-state index is -0.807. The lowest BCUT2D eigenvalue weighted by Gasteiger charge is -2.06. The monoisotopic (exact) mass is 253 g/mol. The van der Waals surface area contributed by atoms with Gasteiger partial charge in [0.15, 0.2) is 0 Å². The average Bonchev–Trinajstić information content (AvgIpc) is 2.76. The first kappa shape index (κ1) is 14.3. The first-order valence-corrected chi connectivity index (χ1v) is 6.09. The third kappa shape index (κ3) is 4.24. The third-order valence-electron chi connectivity index (χ3n) is 2.57. The highest BCUT2D eigenvalue weighted by Gasteiger charge is 2.16. The molecule has 5 nitrogen and oxygen atoms in total. The van der Waals surface area contributed by atoms with E-state index >= 15 is 0 Å². The fraction of sp³-hybridized carbons (Fsp3) is 0.538. The lowest BCUT2D eigenvalue weighted by molar-refractivity contribution is -0.137. The van der Waals surface area contributed by atoms with E-state index in [0.717, 1.165) is 0 Å². The van der Waals surface area contributed by atoms with Crippen molar-refractivity contribution in [2.24, 2.45) is 0 Å². The summed E-state index contributed by atoms with van der Waals surface area (Å²) in [6.07, 6.45) is 2.87. The summed E-state index contributed by atoms with van der Waals surface area (Å²) in [6.45, 7) is 4.40. The highest BCUT2D eigenvalue weighted by atomic mass is 16.4. The van der Waals surface area contributed by atoms with E-state index in [2.05, 4.69) is 5.32 Å². The molecule has 100 valence electrons. The normalized spacial score (nSPS) is 10.6. The Balaban J connectivity index is 2.36. The lowest BCUT2D eigenvalue weighted by Crippen LogP contribution is -2.25. The van der Waals surface area contributed by atoms with E-state index < -0.39 is 5.97 Å². The summed E-state index contributed by atoms with van der Waals surface area (Å²) in [5, 5.41) is 11.2. The van der Waals surface area contributed by atoms with Crippen molar-refractivity contribution in [1.82, 2.24) is 5.32 Å². The van der Waals surface area contributed by atoms with Gasteiger partial charge < -0.3 is 14.8 Å². The van der Waals surface area contributed by atoms with Gasteiger partial charge in [0, 0.05) is 18.9 Å². The SMILES string of the molecule is CC(C)c1occc1C(=O)NCCCCC(=O)O. The number of carboxylic acid groups (broad SMARTS) is 1. The van der Waals surface area contributed by atoms with E-state index in [4.69, 9.17) is 9.52 Å². The van der Waals surface area contributed by atoms with Crippen molar-refractivity contribution in [2.75, 3.05) is 6.54 Å². The first-order chi connectivity index (χ1) is 8.52. The van der Waals surface area contributed by atoms with Gasteiger partial charge in [-0.3, -0.25) is 9.59 Å². The maximum Gasteiger partial charge on any atom is 0.303 e. The standard InChI is InChI=1S/C13H19NO4/c1-9(2)12-10(6-8-18-12)13(17)14-7-4-3-5-11(15)16/h6,8-9H,3-5,7H2,1-2H3,(H,14,17)(H,15,16). The molecule has 18 heavy (non-hydrogen) atoms. The van der Waals surface area contributed by atoms with Crippen LogP contribution in [0.3, 0.4) is 0 Å². The van der Waals surface area contributed by atoms with Crippen molar-refractivity contribution in [2.45, 2.75) is 39.0 Å². The predicted octanol–water partition coefficient (Wildman–Crippen LogP) is 2.39. The molecule has 0 atom stereocenters. The van der Waals surface area contributed by atoms with Gasteiger partial charge in [0.1, 0.15) is 5.76 Å². The van der Waals surface area contributed by atoms with Crippen LogP contribution in [0.15, 0.2) is 16.7 Å². The summed E-state index contributed by atoms with van der Waals surface area (Å²) in [7, 11) is 0. The number of aliphatic carboxylic acids is 1. The second-order valence-corrected chi connectivity index (χ2v) is 4.46. The van der Waals surface area contributed by atoms with Gasteiger partial charge in [0.2, 0.25) is 0 Å². The largest absolute Gasteiger partial charge is 0.481 e. The summed E-state index contributed by atoms with van der Waals surface area (Å²) >= 11 is 0. The molecule has 0 fully saturated rings. The van der Waals surface area contributed by atoms with Gasteiger partial charge in [-0.1, -0.05) is 13.8 Å². The second-order valence-electron chi connectivity index (χ2n) is 4.46. The Morgan fingerprint density at radius 3 is 2.72 bits per heavy atom. The van der Waals surface area contributed by atoms with Gasteiger partial charge in [-0.2, -0.15) is 0 Å². The maximum atomic E-state index is 11.8. The van der Waals surface area contributed by atoms with Crippen molar-refractivity contribution in [1.29, 1.82) is 0 Å². The predicted molar refractivity (Wildman–Crippen MR) is 66.6 cm³/mol. The Bertz CT molecular complexity index is 409. The van der Waals surface area contributed by atoms with Crippen LogP contribution in [0.1, 0.15) is 55.1 Å². The number of hydrogen-bond acceptors (Lipinski definition) is 3. The molecule has 1 rings (SSSR count). The summed E-state index contributed by atoms with van der Waals surface area (Å²) < 4.78 is 5.27. The highest BCUT2D eigenvalue weighted by molar-refractivity contribution is 5.95. The summed E-state index contributed by atoms with van der Waals surface area (Å²) in [6, 6.07) is 1.65. The Labute approximate surface area is 106 Å². The van der Waals surface area contributed by atoms with Gasteiger partial charge in [-0.25, -0.2) is 0 Å².